The molecule has 2 heterocycles. The fourth-order valence-corrected chi connectivity index (χ4v) is 4.82. The molecule has 154 valence electrons. The van der Waals surface area contributed by atoms with Crippen molar-refractivity contribution in [3.05, 3.63) is 48.0 Å². The van der Waals surface area contributed by atoms with Gasteiger partial charge in [0.05, 0.1) is 6.04 Å². The molecule has 5 nitrogen and oxygen atoms in total. The molecule has 0 radical (unpaired) electrons. The van der Waals surface area contributed by atoms with Crippen LogP contribution in [0, 0.1) is 0 Å². The Morgan fingerprint density at radius 2 is 1.90 bits per heavy atom. The van der Waals surface area contributed by atoms with Crippen molar-refractivity contribution in [1.29, 1.82) is 0 Å². The largest absolute Gasteiger partial charge is 0.358 e. The highest BCUT2D eigenvalue weighted by molar-refractivity contribution is 6.08. The van der Waals surface area contributed by atoms with E-state index in [1.165, 1.54) is 27.4 Å². The monoisotopic (exact) mass is 392 g/mol. The van der Waals surface area contributed by atoms with Crippen LogP contribution in [0.2, 0.25) is 0 Å². The molecule has 0 unspecified atom stereocenters. The van der Waals surface area contributed by atoms with Crippen molar-refractivity contribution in [1.82, 2.24) is 20.1 Å². The fourth-order valence-electron chi connectivity index (χ4n) is 4.82. The number of carbonyl (C=O) groups is 1. The average molecular weight is 393 g/mol. The van der Waals surface area contributed by atoms with Gasteiger partial charge in [-0.15, -0.1) is 0 Å². The van der Waals surface area contributed by atoms with Crippen LogP contribution in [0.3, 0.4) is 0 Å². The van der Waals surface area contributed by atoms with E-state index in [1.54, 1.807) is 7.05 Å². The van der Waals surface area contributed by atoms with Gasteiger partial charge in [-0.3, -0.25) is 9.69 Å². The maximum absolute atomic E-state index is 12.3. The number of amides is 1. The minimum atomic E-state index is -0.0393. The molecule has 29 heavy (non-hydrogen) atoms. The van der Waals surface area contributed by atoms with Gasteiger partial charge in [-0.2, -0.15) is 0 Å². The molecule has 4 rings (SSSR count). The molecule has 1 aliphatic heterocycles. The van der Waals surface area contributed by atoms with Crippen molar-refractivity contribution in [2.24, 2.45) is 0 Å². The van der Waals surface area contributed by atoms with Crippen molar-refractivity contribution < 1.29 is 4.79 Å². The zero-order valence-corrected chi connectivity index (χ0v) is 17.9. The Morgan fingerprint density at radius 3 is 2.62 bits per heavy atom. The van der Waals surface area contributed by atoms with Gasteiger partial charge in [0, 0.05) is 60.6 Å². The summed E-state index contributed by atoms with van der Waals surface area (Å²) in [7, 11) is 1.73. The molecule has 2 atom stereocenters. The SMILES string of the molecule is CCn1c2ccccc2c2cc(CN[C@@H]3C[C@@H](C(=O)NC)N(C(C)C)C3)ccc21. The van der Waals surface area contributed by atoms with E-state index in [-0.39, 0.29) is 11.9 Å². The number of aryl methyl sites for hydroxylation is 1. The summed E-state index contributed by atoms with van der Waals surface area (Å²) in [6.07, 6.45) is 0.856. The topological polar surface area (TPSA) is 49.3 Å². The molecule has 1 fully saturated rings. The number of hydrogen-bond acceptors (Lipinski definition) is 3. The lowest BCUT2D eigenvalue weighted by Crippen LogP contribution is -2.45. The molecule has 0 aliphatic carbocycles. The number of nitrogens with zero attached hydrogens (tertiary/aromatic N) is 2. The molecular formula is C24H32N4O. The first-order valence-electron chi connectivity index (χ1n) is 10.7. The van der Waals surface area contributed by atoms with Gasteiger partial charge in [-0.1, -0.05) is 24.3 Å². The zero-order chi connectivity index (χ0) is 20.5. The first-order chi connectivity index (χ1) is 14.0. The van der Waals surface area contributed by atoms with Crippen molar-refractivity contribution >= 4 is 27.7 Å². The van der Waals surface area contributed by atoms with Crippen LogP contribution < -0.4 is 10.6 Å². The molecule has 2 N–H and O–H groups in total. The molecule has 0 spiro atoms. The van der Waals surface area contributed by atoms with Gasteiger partial charge in [-0.05, 0) is 51.0 Å². The Balaban J connectivity index is 1.53. The van der Waals surface area contributed by atoms with E-state index in [0.717, 1.165) is 26.1 Å². The number of likely N-dealkylation sites (N-methyl/N-ethyl adjacent to an activating group) is 1. The van der Waals surface area contributed by atoms with E-state index < -0.39 is 0 Å². The van der Waals surface area contributed by atoms with E-state index in [4.69, 9.17) is 0 Å². The lowest BCUT2D eigenvalue weighted by atomic mass is 10.1. The van der Waals surface area contributed by atoms with Gasteiger partial charge in [0.25, 0.3) is 0 Å². The van der Waals surface area contributed by atoms with Gasteiger partial charge >= 0.3 is 0 Å². The fraction of sp³-hybridized carbons (Fsp3) is 0.458. The van der Waals surface area contributed by atoms with Gasteiger partial charge in [0.2, 0.25) is 5.91 Å². The number of para-hydroxylation sites is 1. The van der Waals surface area contributed by atoms with E-state index in [9.17, 15) is 4.79 Å². The van der Waals surface area contributed by atoms with Gasteiger partial charge in [-0.25, -0.2) is 0 Å². The van der Waals surface area contributed by atoms with Gasteiger partial charge in [0.15, 0.2) is 0 Å². The summed E-state index contributed by atoms with van der Waals surface area (Å²) in [6, 6.07) is 16.1. The molecular weight excluding hydrogens is 360 g/mol. The Kier molecular flexibility index (Phi) is 5.61. The number of carbonyl (C=O) groups excluding carboxylic acids is 1. The summed E-state index contributed by atoms with van der Waals surface area (Å²) in [5.41, 5.74) is 3.88. The third kappa shape index (κ3) is 3.65. The molecule has 5 heteroatoms. The molecule has 1 saturated heterocycles. The van der Waals surface area contributed by atoms with Crippen molar-refractivity contribution in [2.45, 2.75) is 58.4 Å². The zero-order valence-electron chi connectivity index (χ0n) is 17.9. The number of likely N-dealkylation sites (tertiary alicyclic amines) is 1. The number of rotatable bonds is 6. The predicted octanol–water partition coefficient (Wildman–Crippen LogP) is 3.50. The number of fused-ring (bicyclic) bond motifs is 3. The van der Waals surface area contributed by atoms with Gasteiger partial charge < -0.3 is 15.2 Å². The molecule has 3 aromatic rings. The third-order valence-corrected chi connectivity index (χ3v) is 6.30. The lowest BCUT2D eigenvalue weighted by Gasteiger charge is -2.26. The van der Waals surface area contributed by atoms with E-state index in [1.807, 2.05) is 0 Å². The summed E-state index contributed by atoms with van der Waals surface area (Å²) in [6.45, 7) is 9.22. The highest BCUT2D eigenvalue weighted by Gasteiger charge is 2.37. The molecule has 1 amide bonds. The third-order valence-electron chi connectivity index (χ3n) is 6.30. The number of benzene rings is 2. The first-order valence-corrected chi connectivity index (χ1v) is 10.7. The maximum Gasteiger partial charge on any atom is 0.237 e. The predicted molar refractivity (Wildman–Crippen MR) is 120 cm³/mol. The van der Waals surface area contributed by atoms with Crippen LogP contribution in [0.1, 0.15) is 32.8 Å². The van der Waals surface area contributed by atoms with E-state index in [0.29, 0.717) is 12.1 Å². The van der Waals surface area contributed by atoms with E-state index in [2.05, 4.69) is 83.3 Å². The second-order valence-electron chi connectivity index (χ2n) is 8.35. The molecule has 1 aliphatic rings. The second kappa shape index (κ2) is 8.17. The van der Waals surface area contributed by atoms with Gasteiger partial charge in [0.1, 0.15) is 0 Å². The molecule has 1 aromatic heterocycles. The molecule has 2 aromatic carbocycles. The van der Waals surface area contributed by atoms with Crippen LogP contribution in [0.15, 0.2) is 42.5 Å². The highest BCUT2D eigenvalue weighted by Crippen LogP contribution is 2.30. The van der Waals surface area contributed by atoms with Crippen LogP contribution in [0.5, 0.6) is 0 Å². The highest BCUT2D eigenvalue weighted by atomic mass is 16.2. The quantitative estimate of drug-likeness (QED) is 0.675. The smallest absolute Gasteiger partial charge is 0.237 e. The Morgan fingerprint density at radius 1 is 1.14 bits per heavy atom. The summed E-state index contributed by atoms with van der Waals surface area (Å²) < 4.78 is 2.38. The van der Waals surface area contributed by atoms with Crippen molar-refractivity contribution in [3.8, 4) is 0 Å². The molecule has 0 saturated carbocycles. The van der Waals surface area contributed by atoms with Crippen LogP contribution in [-0.2, 0) is 17.9 Å². The number of nitrogens with one attached hydrogen (secondary N) is 2. The molecule has 0 bridgehead atoms. The normalized spacial score (nSPS) is 20.2. The summed E-state index contributed by atoms with van der Waals surface area (Å²) >= 11 is 0. The Bertz CT molecular complexity index is 1020. The lowest BCUT2D eigenvalue weighted by molar-refractivity contribution is -0.125. The number of aromatic nitrogens is 1. The van der Waals surface area contributed by atoms with Crippen LogP contribution in [0.4, 0.5) is 0 Å². The summed E-state index contributed by atoms with van der Waals surface area (Å²) in [4.78, 5) is 14.6. The summed E-state index contributed by atoms with van der Waals surface area (Å²) in [5, 5.41) is 9.15. The summed E-state index contributed by atoms with van der Waals surface area (Å²) in [5.74, 6) is 0.122. The van der Waals surface area contributed by atoms with Crippen molar-refractivity contribution in [3.63, 3.8) is 0 Å². The maximum atomic E-state index is 12.3. The average Bonchev–Trinajstić information content (AvgIpc) is 3.31. The van der Waals surface area contributed by atoms with Crippen LogP contribution in [0.25, 0.3) is 21.8 Å². The Hall–Kier alpha value is -2.37. The second-order valence-corrected chi connectivity index (χ2v) is 8.35. The minimum absolute atomic E-state index is 0.0393. The van der Waals surface area contributed by atoms with E-state index >= 15 is 0 Å². The van der Waals surface area contributed by atoms with Crippen LogP contribution >= 0.6 is 0 Å². The van der Waals surface area contributed by atoms with Crippen molar-refractivity contribution in [2.75, 3.05) is 13.6 Å². The minimum Gasteiger partial charge on any atom is -0.358 e. The Labute approximate surface area is 173 Å². The van der Waals surface area contributed by atoms with Crippen LogP contribution in [-0.4, -0.2) is 47.1 Å². The number of hydrogen-bond donors (Lipinski definition) is 2. The first kappa shape index (κ1) is 19.9. The standard InChI is InChI=1S/C24H32N4O/c1-5-27-21-9-7-6-8-19(21)20-12-17(10-11-22(20)27)14-26-18-13-23(24(29)25-4)28(15-18)16(2)3/h6-12,16,18,23,26H,5,13-15H2,1-4H3,(H,25,29)/t18-,23+/m1/s1.